The van der Waals surface area contributed by atoms with Crippen molar-refractivity contribution in [2.75, 3.05) is 18.9 Å². The molecule has 11 heteroatoms. The Morgan fingerprint density at radius 2 is 1.91 bits per heavy atom. The summed E-state index contributed by atoms with van der Waals surface area (Å²) in [5, 5.41) is 2.73. The van der Waals surface area contributed by atoms with Gasteiger partial charge in [-0.05, 0) is 32.4 Å². The Kier molecular flexibility index (Phi) is 7.62. The van der Waals surface area contributed by atoms with E-state index in [1.807, 2.05) is 6.07 Å². The minimum atomic E-state index is -4.61. The minimum Gasteiger partial charge on any atom is -0.463 e. The van der Waals surface area contributed by atoms with Crippen molar-refractivity contribution < 1.29 is 27.5 Å². The van der Waals surface area contributed by atoms with Gasteiger partial charge in [-0.3, -0.25) is 4.90 Å². The Hall–Kier alpha value is -3.08. The van der Waals surface area contributed by atoms with E-state index >= 15 is 0 Å². The highest BCUT2D eigenvalue weighted by Crippen LogP contribution is 2.35. The van der Waals surface area contributed by atoms with E-state index in [0.717, 1.165) is 17.8 Å². The van der Waals surface area contributed by atoms with Crippen molar-refractivity contribution in [3.63, 3.8) is 0 Å². The average Bonchev–Trinajstić information content (AvgIpc) is 2.77. The number of urea groups is 1. The first-order valence-electron chi connectivity index (χ1n) is 10.2. The van der Waals surface area contributed by atoms with Crippen LogP contribution < -0.4 is 5.32 Å². The van der Waals surface area contributed by atoms with E-state index < -0.39 is 29.9 Å². The van der Waals surface area contributed by atoms with Crippen LogP contribution in [0.15, 0.2) is 52.8 Å². The van der Waals surface area contributed by atoms with Gasteiger partial charge in [0.05, 0.1) is 18.2 Å². The van der Waals surface area contributed by atoms with E-state index in [-0.39, 0.29) is 35.3 Å². The van der Waals surface area contributed by atoms with Crippen molar-refractivity contribution >= 4 is 23.8 Å². The van der Waals surface area contributed by atoms with Crippen LogP contribution in [0, 0.1) is 6.92 Å². The molecule has 2 amide bonds. The number of nitrogens with one attached hydrogen (secondary N) is 1. The summed E-state index contributed by atoms with van der Waals surface area (Å²) in [6.45, 7) is 5.22. The highest BCUT2D eigenvalue weighted by atomic mass is 32.2. The third-order valence-corrected chi connectivity index (χ3v) is 5.70. The van der Waals surface area contributed by atoms with Crippen molar-refractivity contribution in [3.05, 3.63) is 64.6 Å². The Labute approximate surface area is 193 Å². The molecule has 1 aliphatic rings. The van der Waals surface area contributed by atoms with Gasteiger partial charge in [0.25, 0.3) is 0 Å². The monoisotopic (exact) mass is 480 g/mol. The molecular formula is C22H23F3N4O3S. The van der Waals surface area contributed by atoms with Crippen LogP contribution in [0.3, 0.4) is 0 Å². The third kappa shape index (κ3) is 5.65. The van der Waals surface area contributed by atoms with Gasteiger partial charge in [-0.1, -0.05) is 42.1 Å². The molecule has 2 aromatic rings. The first kappa shape index (κ1) is 24.6. The van der Waals surface area contributed by atoms with Gasteiger partial charge in [0.15, 0.2) is 5.16 Å². The fourth-order valence-corrected chi connectivity index (χ4v) is 4.37. The Bertz CT molecular complexity index is 1060. The molecule has 176 valence electrons. The lowest BCUT2D eigenvalue weighted by Gasteiger charge is -2.36. The van der Waals surface area contributed by atoms with Crippen molar-refractivity contribution in [3.8, 4) is 0 Å². The zero-order valence-corrected chi connectivity index (χ0v) is 19.1. The van der Waals surface area contributed by atoms with Gasteiger partial charge in [0, 0.05) is 23.7 Å². The summed E-state index contributed by atoms with van der Waals surface area (Å²) in [6, 6.07) is 8.60. The Balaban J connectivity index is 2.05. The van der Waals surface area contributed by atoms with E-state index in [9.17, 15) is 22.8 Å². The topological polar surface area (TPSA) is 84.4 Å². The number of carbonyl (C=O) groups is 2. The number of rotatable bonds is 7. The van der Waals surface area contributed by atoms with Crippen LogP contribution in [0.2, 0.25) is 0 Å². The molecule has 1 aromatic heterocycles. The number of nitrogens with zero attached hydrogens (tertiary/aromatic N) is 3. The summed E-state index contributed by atoms with van der Waals surface area (Å²) in [5.41, 5.74) is 0.361. The molecule has 1 atom stereocenters. The maximum Gasteiger partial charge on any atom is 0.433 e. The number of aromatic nitrogens is 2. The van der Waals surface area contributed by atoms with Crippen molar-refractivity contribution in [1.82, 2.24) is 20.2 Å². The number of ether oxygens (including phenoxy) is 1. The molecule has 0 spiro atoms. The van der Waals surface area contributed by atoms with Gasteiger partial charge in [-0.25, -0.2) is 19.6 Å². The minimum absolute atomic E-state index is 0.000504. The molecule has 0 aliphatic carbocycles. The van der Waals surface area contributed by atoms with Crippen molar-refractivity contribution in [2.24, 2.45) is 0 Å². The molecule has 0 saturated heterocycles. The molecule has 0 bridgehead atoms. The second kappa shape index (κ2) is 10.2. The Morgan fingerprint density at radius 1 is 1.21 bits per heavy atom. The average molecular weight is 481 g/mol. The first-order chi connectivity index (χ1) is 15.7. The van der Waals surface area contributed by atoms with Crippen molar-refractivity contribution in [2.45, 2.75) is 38.1 Å². The number of hydrogen-bond donors (Lipinski definition) is 1. The van der Waals surface area contributed by atoms with Gasteiger partial charge in [0.1, 0.15) is 5.69 Å². The molecular weight excluding hydrogens is 457 g/mol. The predicted octanol–water partition coefficient (Wildman–Crippen LogP) is 4.50. The number of alkyl halides is 3. The van der Waals surface area contributed by atoms with Crippen LogP contribution in [0.5, 0.6) is 0 Å². The Morgan fingerprint density at radius 3 is 2.52 bits per heavy atom. The molecule has 1 N–H and O–H groups in total. The third-order valence-electron chi connectivity index (χ3n) is 4.84. The van der Waals surface area contributed by atoms with E-state index in [2.05, 4.69) is 15.3 Å². The van der Waals surface area contributed by atoms with E-state index in [4.69, 9.17) is 4.74 Å². The summed E-state index contributed by atoms with van der Waals surface area (Å²) in [6.07, 6.45) is -4.61. The molecule has 1 aliphatic heterocycles. The number of thioether (sulfide) groups is 1. The summed E-state index contributed by atoms with van der Waals surface area (Å²) in [4.78, 5) is 34.9. The lowest BCUT2D eigenvalue weighted by molar-refractivity contribution is -0.142. The normalized spacial score (nSPS) is 16.6. The number of hydrogen-bond acceptors (Lipinski definition) is 6. The summed E-state index contributed by atoms with van der Waals surface area (Å²) < 4.78 is 44.8. The van der Waals surface area contributed by atoms with Crippen LogP contribution in [0.4, 0.5) is 18.0 Å². The van der Waals surface area contributed by atoms with Gasteiger partial charge in [-0.2, -0.15) is 13.2 Å². The molecule has 1 unspecified atom stereocenters. The highest BCUT2D eigenvalue weighted by Gasteiger charge is 2.38. The zero-order chi connectivity index (χ0) is 24.2. The predicted molar refractivity (Wildman–Crippen MR) is 116 cm³/mol. The summed E-state index contributed by atoms with van der Waals surface area (Å²) >= 11 is 0.919. The molecule has 0 radical (unpaired) electrons. The van der Waals surface area contributed by atoms with E-state index in [1.54, 1.807) is 38.1 Å². The van der Waals surface area contributed by atoms with Gasteiger partial charge in [0.2, 0.25) is 0 Å². The molecule has 7 nitrogen and oxygen atoms in total. The number of amides is 2. The highest BCUT2D eigenvalue weighted by molar-refractivity contribution is 7.99. The van der Waals surface area contributed by atoms with Crippen LogP contribution >= 0.6 is 11.8 Å². The second-order valence-electron chi connectivity index (χ2n) is 7.08. The fourth-order valence-electron chi connectivity index (χ4n) is 3.42. The van der Waals surface area contributed by atoms with Gasteiger partial charge >= 0.3 is 18.2 Å². The van der Waals surface area contributed by atoms with Crippen LogP contribution in [-0.4, -0.2) is 45.8 Å². The van der Waals surface area contributed by atoms with E-state index in [1.165, 1.54) is 11.8 Å². The van der Waals surface area contributed by atoms with Crippen LogP contribution in [0.25, 0.3) is 0 Å². The number of carbonyl (C=O) groups excluding carboxylic acids is 2. The van der Waals surface area contributed by atoms with Gasteiger partial charge in [-0.15, -0.1) is 0 Å². The SMILES string of the molecule is CCOC(=O)C1=C(CSc2nc(C)cc(C(F)(F)F)n2)N(CC)C(=O)NC1c1ccccc1. The quantitative estimate of drug-likeness (QED) is 0.357. The lowest BCUT2D eigenvalue weighted by Crippen LogP contribution is -2.49. The summed E-state index contributed by atoms with van der Waals surface area (Å²) in [5.74, 6) is -0.610. The summed E-state index contributed by atoms with van der Waals surface area (Å²) in [7, 11) is 0. The molecule has 2 heterocycles. The first-order valence-corrected chi connectivity index (χ1v) is 11.2. The maximum absolute atomic E-state index is 13.2. The molecule has 3 rings (SSSR count). The van der Waals surface area contributed by atoms with Gasteiger partial charge < -0.3 is 10.1 Å². The zero-order valence-electron chi connectivity index (χ0n) is 18.3. The van der Waals surface area contributed by atoms with Crippen LogP contribution in [-0.2, 0) is 15.7 Å². The largest absolute Gasteiger partial charge is 0.463 e. The smallest absolute Gasteiger partial charge is 0.433 e. The van der Waals surface area contributed by atoms with E-state index in [0.29, 0.717) is 11.3 Å². The molecule has 1 aromatic carbocycles. The molecule has 0 fully saturated rings. The maximum atomic E-state index is 13.2. The lowest BCUT2D eigenvalue weighted by atomic mass is 9.95. The molecule has 33 heavy (non-hydrogen) atoms. The second-order valence-corrected chi connectivity index (χ2v) is 8.02. The number of benzene rings is 1. The number of esters is 1. The fraction of sp³-hybridized carbons (Fsp3) is 0.364. The standard InChI is InChI=1S/C22H23F3N4O3S/c1-4-29-15(12-33-20-26-13(3)11-16(27-20)22(23,24)25)17(19(30)32-5-2)18(28-21(29)31)14-9-7-6-8-10-14/h6-11,18H,4-5,12H2,1-3H3,(H,28,31). The van der Waals surface area contributed by atoms with Crippen LogP contribution in [0.1, 0.15) is 36.8 Å². The molecule has 0 saturated carbocycles. The number of halogens is 3. The number of aryl methyl sites for hydroxylation is 1. The van der Waals surface area contributed by atoms with Crippen molar-refractivity contribution in [1.29, 1.82) is 0 Å².